The molecule has 0 spiro atoms. The fraction of sp³-hybridized carbons (Fsp3) is 1.00. The van der Waals surface area contributed by atoms with Gasteiger partial charge < -0.3 is 14.8 Å². The Labute approximate surface area is 88.2 Å². The van der Waals surface area contributed by atoms with Crippen LogP contribution in [0.25, 0.3) is 0 Å². The lowest BCUT2D eigenvalue weighted by Gasteiger charge is -2.09. The molecule has 14 heavy (non-hydrogen) atoms. The quantitative estimate of drug-likeness (QED) is 0.548. The van der Waals surface area contributed by atoms with E-state index in [1.807, 2.05) is 0 Å². The van der Waals surface area contributed by atoms with Crippen molar-refractivity contribution in [3.63, 3.8) is 0 Å². The Kier molecular flexibility index (Phi) is 10.9. The topological polar surface area (TPSA) is 30.5 Å². The Morgan fingerprint density at radius 2 is 2.00 bits per heavy atom. The van der Waals surface area contributed by atoms with Crippen LogP contribution in [0.1, 0.15) is 26.7 Å². The van der Waals surface area contributed by atoms with Gasteiger partial charge in [-0.15, -0.1) is 0 Å². The molecule has 3 heteroatoms. The molecule has 0 saturated carbocycles. The minimum atomic E-state index is 0.695. The Morgan fingerprint density at radius 3 is 2.64 bits per heavy atom. The molecule has 0 heterocycles. The van der Waals surface area contributed by atoms with E-state index in [-0.39, 0.29) is 0 Å². The molecule has 0 radical (unpaired) electrons. The van der Waals surface area contributed by atoms with Crippen molar-refractivity contribution in [2.75, 3.05) is 40.0 Å². The lowest BCUT2D eigenvalue weighted by molar-refractivity contribution is 0.0694. The van der Waals surface area contributed by atoms with Gasteiger partial charge in [-0.1, -0.05) is 20.3 Å². The maximum absolute atomic E-state index is 5.34. The van der Waals surface area contributed by atoms with Crippen molar-refractivity contribution in [1.29, 1.82) is 0 Å². The van der Waals surface area contributed by atoms with E-state index in [0.29, 0.717) is 13.2 Å². The largest absolute Gasteiger partial charge is 0.382 e. The van der Waals surface area contributed by atoms with E-state index >= 15 is 0 Å². The van der Waals surface area contributed by atoms with Crippen LogP contribution in [0.2, 0.25) is 0 Å². The monoisotopic (exact) mass is 203 g/mol. The van der Waals surface area contributed by atoms with Crippen molar-refractivity contribution >= 4 is 0 Å². The average molecular weight is 203 g/mol. The molecule has 1 N–H and O–H groups in total. The summed E-state index contributed by atoms with van der Waals surface area (Å²) in [6.45, 7) is 8.90. The second-order valence-electron chi connectivity index (χ2n) is 3.68. The van der Waals surface area contributed by atoms with Crippen LogP contribution in [-0.2, 0) is 9.47 Å². The summed E-state index contributed by atoms with van der Waals surface area (Å²) in [5.41, 5.74) is 0. The van der Waals surface area contributed by atoms with Crippen molar-refractivity contribution in [3.8, 4) is 0 Å². The molecule has 0 bridgehead atoms. The SMILES string of the molecule is CC[C@@H](C)CNCCCOCCOC. The van der Waals surface area contributed by atoms with Gasteiger partial charge in [0.05, 0.1) is 13.2 Å². The average Bonchev–Trinajstić information content (AvgIpc) is 2.21. The molecule has 0 aliphatic heterocycles. The molecule has 0 aromatic carbocycles. The summed E-state index contributed by atoms with van der Waals surface area (Å²) >= 11 is 0. The molecular formula is C11H25NO2. The Morgan fingerprint density at radius 1 is 1.21 bits per heavy atom. The summed E-state index contributed by atoms with van der Waals surface area (Å²) in [5, 5.41) is 3.42. The van der Waals surface area contributed by atoms with Crippen LogP contribution in [0.3, 0.4) is 0 Å². The van der Waals surface area contributed by atoms with Gasteiger partial charge in [-0.25, -0.2) is 0 Å². The van der Waals surface area contributed by atoms with Crippen LogP contribution in [-0.4, -0.2) is 40.0 Å². The van der Waals surface area contributed by atoms with Gasteiger partial charge >= 0.3 is 0 Å². The number of hydrogen-bond donors (Lipinski definition) is 1. The van der Waals surface area contributed by atoms with Crippen LogP contribution in [0.5, 0.6) is 0 Å². The minimum Gasteiger partial charge on any atom is -0.382 e. The van der Waals surface area contributed by atoms with E-state index in [2.05, 4.69) is 19.2 Å². The molecule has 0 rings (SSSR count). The molecule has 0 saturated heterocycles. The zero-order valence-electron chi connectivity index (χ0n) is 9.84. The standard InChI is InChI=1S/C11H25NO2/c1-4-11(2)10-12-6-5-7-14-9-8-13-3/h11-12H,4-10H2,1-3H3/t11-/m1/s1. The Balaban J connectivity index is 2.92. The molecule has 0 aromatic rings. The van der Waals surface area contributed by atoms with E-state index in [1.54, 1.807) is 7.11 Å². The highest BCUT2D eigenvalue weighted by atomic mass is 16.5. The second-order valence-corrected chi connectivity index (χ2v) is 3.68. The van der Waals surface area contributed by atoms with Crippen LogP contribution < -0.4 is 5.32 Å². The normalized spacial score (nSPS) is 13.1. The second kappa shape index (κ2) is 11.0. The van der Waals surface area contributed by atoms with E-state index in [4.69, 9.17) is 9.47 Å². The lowest BCUT2D eigenvalue weighted by atomic mass is 10.1. The van der Waals surface area contributed by atoms with Gasteiger partial charge in [-0.05, 0) is 25.4 Å². The molecule has 1 atom stereocenters. The maximum Gasteiger partial charge on any atom is 0.0700 e. The molecule has 86 valence electrons. The van der Waals surface area contributed by atoms with Crippen molar-refractivity contribution in [1.82, 2.24) is 5.32 Å². The van der Waals surface area contributed by atoms with Gasteiger partial charge in [-0.2, -0.15) is 0 Å². The summed E-state index contributed by atoms with van der Waals surface area (Å²) in [5.74, 6) is 0.782. The third-order valence-electron chi connectivity index (χ3n) is 2.26. The molecule has 0 amide bonds. The first-order chi connectivity index (χ1) is 6.81. The highest BCUT2D eigenvalue weighted by molar-refractivity contribution is 4.54. The van der Waals surface area contributed by atoms with Gasteiger partial charge in [0.25, 0.3) is 0 Å². The zero-order valence-corrected chi connectivity index (χ0v) is 9.84. The highest BCUT2D eigenvalue weighted by Crippen LogP contribution is 1.96. The van der Waals surface area contributed by atoms with Gasteiger partial charge in [0, 0.05) is 13.7 Å². The van der Waals surface area contributed by atoms with E-state index < -0.39 is 0 Å². The lowest BCUT2D eigenvalue weighted by Crippen LogP contribution is -2.22. The van der Waals surface area contributed by atoms with Crippen molar-refractivity contribution in [2.24, 2.45) is 5.92 Å². The fourth-order valence-electron chi connectivity index (χ4n) is 1.04. The van der Waals surface area contributed by atoms with E-state index in [0.717, 1.165) is 32.0 Å². The predicted molar refractivity (Wildman–Crippen MR) is 59.6 cm³/mol. The van der Waals surface area contributed by atoms with Gasteiger partial charge in [0.1, 0.15) is 0 Å². The van der Waals surface area contributed by atoms with Gasteiger partial charge in [0.15, 0.2) is 0 Å². The maximum atomic E-state index is 5.34. The number of hydrogen-bond acceptors (Lipinski definition) is 3. The Hall–Kier alpha value is -0.120. The number of nitrogens with one attached hydrogen (secondary N) is 1. The smallest absolute Gasteiger partial charge is 0.0700 e. The predicted octanol–water partition coefficient (Wildman–Crippen LogP) is 1.68. The molecule has 0 unspecified atom stereocenters. The first kappa shape index (κ1) is 13.9. The number of rotatable bonds is 10. The summed E-state index contributed by atoms with van der Waals surface area (Å²) in [6.07, 6.45) is 2.33. The van der Waals surface area contributed by atoms with Crippen LogP contribution in [0, 0.1) is 5.92 Å². The van der Waals surface area contributed by atoms with Crippen LogP contribution >= 0.6 is 0 Å². The van der Waals surface area contributed by atoms with Crippen molar-refractivity contribution in [3.05, 3.63) is 0 Å². The molecule has 0 aliphatic carbocycles. The highest BCUT2D eigenvalue weighted by Gasteiger charge is 1.96. The summed E-state index contributed by atoms with van der Waals surface area (Å²) in [6, 6.07) is 0. The molecule has 3 nitrogen and oxygen atoms in total. The van der Waals surface area contributed by atoms with Crippen LogP contribution in [0.15, 0.2) is 0 Å². The third-order valence-corrected chi connectivity index (χ3v) is 2.26. The molecule has 0 aliphatic rings. The first-order valence-corrected chi connectivity index (χ1v) is 5.58. The third kappa shape index (κ3) is 9.96. The van der Waals surface area contributed by atoms with Gasteiger partial charge in [-0.3, -0.25) is 0 Å². The van der Waals surface area contributed by atoms with E-state index in [1.165, 1.54) is 6.42 Å². The number of methoxy groups -OCH3 is 1. The Bertz CT molecular complexity index is 109. The van der Waals surface area contributed by atoms with E-state index in [9.17, 15) is 0 Å². The zero-order chi connectivity index (χ0) is 10.6. The molecule has 0 aromatic heterocycles. The molecule has 0 fully saturated rings. The van der Waals surface area contributed by atoms with Crippen molar-refractivity contribution in [2.45, 2.75) is 26.7 Å². The first-order valence-electron chi connectivity index (χ1n) is 5.58. The van der Waals surface area contributed by atoms with Crippen LogP contribution in [0.4, 0.5) is 0 Å². The molecular weight excluding hydrogens is 178 g/mol. The van der Waals surface area contributed by atoms with Crippen molar-refractivity contribution < 1.29 is 9.47 Å². The fourth-order valence-corrected chi connectivity index (χ4v) is 1.04. The summed E-state index contributed by atoms with van der Waals surface area (Å²) < 4.78 is 10.2. The summed E-state index contributed by atoms with van der Waals surface area (Å²) in [7, 11) is 1.69. The van der Waals surface area contributed by atoms with Gasteiger partial charge in [0.2, 0.25) is 0 Å². The summed E-state index contributed by atoms with van der Waals surface area (Å²) in [4.78, 5) is 0. The number of ether oxygens (including phenoxy) is 2. The minimum absolute atomic E-state index is 0.695.